The number of carbonyl (C=O) groups excluding carboxylic acids is 1. The summed E-state index contributed by atoms with van der Waals surface area (Å²) in [6.45, 7) is 0. The van der Waals surface area contributed by atoms with Crippen molar-refractivity contribution in [2.75, 3.05) is 28.4 Å². The molecule has 0 amide bonds. The summed E-state index contributed by atoms with van der Waals surface area (Å²) in [5, 5.41) is 0.612. The highest BCUT2D eigenvalue weighted by Gasteiger charge is 2.21. The Morgan fingerprint density at radius 3 is 2.21 bits per heavy atom. The van der Waals surface area contributed by atoms with E-state index in [1.807, 2.05) is 0 Å². The van der Waals surface area contributed by atoms with Crippen molar-refractivity contribution in [1.29, 1.82) is 0 Å². The number of furan rings is 1. The van der Waals surface area contributed by atoms with Crippen molar-refractivity contribution in [1.82, 2.24) is 0 Å². The summed E-state index contributed by atoms with van der Waals surface area (Å²) in [6, 6.07) is 3.21. The summed E-state index contributed by atoms with van der Waals surface area (Å²) >= 11 is 0. The summed E-state index contributed by atoms with van der Waals surface area (Å²) in [5.74, 6) is 0.874. The largest absolute Gasteiger partial charge is 0.496 e. The molecular weight excluding hydrogens is 252 g/mol. The molecule has 2 rings (SSSR count). The number of esters is 1. The van der Waals surface area contributed by atoms with Crippen LogP contribution in [0.5, 0.6) is 17.2 Å². The molecule has 0 fully saturated rings. The standard InChI is InChI=1S/C13H14O6/c1-15-8-6-9(16-2)12(17-3)11-7(8)5-10(19-11)13(14)18-4/h5-6H,1-4H3. The van der Waals surface area contributed by atoms with E-state index in [9.17, 15) is 4.79 Å². The normalized spacial score (nSPS) is 10.3. The third kappa shape index (κ3) is 2.05. The molecule has 19 heavy (non-hydrogen) atoms. The third-order valence-electron chi connectivity index (χ3n) is 2.72. The van der Waals surface area contributed by atoms with E-state index in [4.69, 9.17) is 18.6 Å². The number of benzene rings is 1. The maximum Gasteiger partial charge on any atom is 0.373 e. The molecule has 0 unspecified atom stereocenters. The fraction of sp³-hybridized carbons (Fsp3) is 0.308. The summed E-state index contributed by atoms with van der Waals surface area (Å²) in [5.41, 5.74) is 0.374. The highest BCUT2D eigenvalue weighted by Crippen LogP contribution is 2.42. The average molecular weight is 266 g/mol. The molecule has 6 nitrogen and oxygen atoms in total. The molecule has 6 heteroatoms. The molecule has 0 atom stereocenters. The van der Waals surface area contributed by atoms with Gasteiger partial charge in [-0.05, 0) is 0 Å². The van der Waals surface area contributed by atoms with Gasteiger partial charge >= 0.3 is 5.97 Å². The Bertz CT molecular complexity index is 613. The number of rotatable bonds is 4. The number of hydrogen-bond acceptors (Lipinski definition) is 6. The van der Waals surface area contributed by atoms with Crippen LogP contribution in [0.25, 0.3) is 11.0 Å². The topological polar surface area (TPSA) is 67.1 Å². The number of carbonyl (C=O) groups is 1. The van der Waals surface area contributed by atoms with Crippen molar-refractivity contribution in [2.45, 2.75) is 0 Å². The van der Waals surface area contributed by atoms with Crippen LogP contribution in [-0.4, -0.2) is 34.4 Å². The van der Waals surface area contributed by atoms with Crippen molar-refractivity contribution in [2.24, 2.45) is 0 Å². The van der Waals surface area contributed by atoms with Gasteiger partial charge in [0.2, 0.25) is 11.5 Å². The first kappa shape index (κ1) is 13.1. The second kappa shape index (κ2) is 5.09. The first-order chi connectivity index (χ1) is 9.15. The second-order valence-electron chi connectivity index (χ2n) is 3.66. The van der Waals surface area contributed by atoms with Gasteiger partial charge in [0.1, 0.15) is 5.75 Å². The highest BCUT2D eigenvalue weighted by molar-refractivity contribution is 5.98. The van der Waals surface area contributed by atoms with E-state index >= 15 is 0 Å². The van der Waals surface area contributed by atoms with Crippen molar-refractivity contribution < 1.29 is 28.2 Å². The van der Waals surface area contributed by atoms with Gasteiger partial charge in [-0.1, -0.05) is 0 Å². The Balaban J connectivity index is 2.76. The Hall–Kier alpha value is -2.37. The second-order valence-corrected chi connectivity index (χ2v) is 3.66. The lowest BCUT2D eigenvalue weighted by molar-refractivity contribution is 0.0567. The summed E-state index contributed by atoms with van der Waals surface area (Å²) < 4.78 is 25.8. The molecule has 2 aromatic rings. The lowest BCUT2D eigenvalue weighted by Gasteiger charge is -2.10. The zero-order valence-corrected chi connectivity index (χ0v) is 11.1. The van der Waals surface area contributed by atoms with E-state index in [-0.39, 0.29) is 5.76 Å². The number of fused-ring (bicyclic) bond motifs is 1. The quantitative estimate of drug-likeness (QED) is 0.791. The average Bonchev–Trinajstić information content (AvgIpc) is 2.89. The van der Waals surface area contributed by atoms with Crippen LogP contribution in [0.3, 0.4) is 0 Å². The third-order valence-corrected chi connectivity index (χ3v) is 2.72. The molecule has 0 aliphatic carbocycles. The van der Waals surface area contributed by atoms with E-state index in [0.717, 1.165) is 0 Å². The van der Waals surface area contributed by atoms with Crippen molar-refractivity contribution in [3.8, 4) is 17.2 Å². The van der Waals surface area contributed by atoms with E-state index < -0.39 is 5.97 Å². The number of methoxy groups -OCH3 is 4. The van der Waals surface area contributed by atoms with Gasteiger partial charge in [0, 0.05) is 12.1 Å². The van der Waals surface area contributed by atoms with E-state index in [1.54, 1.807) is 12.1 Å². The van der Waals surface area contributed by atoms with Gasteiger partial charge in [-0.3, -0.25) is 0 Å². The van der Waals surface area contributed by atoms with Gasteiger partial charge in [-0.2, -0.15) is 0 Å². The smallest absolute Gasteiger partial charge is 0.373 e. The molecule has 0 saturated carbocycles. The Morgan fingerprint density at radius 1 is 1.00 bits per heavy atom. The SMILES string of the molecule is COC(=O)c1cc2c(OC)cc(OC)c(OC)c2o1. The molecule has 1 heterocycles. The van der Waals surface area contributed by atoms with Gasteiger partial charge < -0.3 is 23.4 Å². The fourth-order valence-electron chi connectivity index (χ4n) is 1.83. The van der Waals surface area contributed by atoms with Crippen molar-refractivity contribution in [3.63, 3.8) is 0 Å². The van der Waals surface area contributed by atoms with E-state index in [1.165, 1.54) is 28.4 Å². The molecule has 0 bridgehead atoms. The predicted molar refractivity (Wildman–Crippen MR) is 67.2 cm³/mol. The van der Waals surface area contributed by atoms with Crippen LogP contribution in [0.15, 0.2) is 16.5 Å². The summed E-state index contributed by atoms with van der Waals surface area (Å²) in [6.07, 6.45) is 0. The van der Waals surface area contributed by atoms with E-state index in [2.05, 4.69) is 4.74 Å². The zero-order valence-electron chi connectivity index (χ0n) is 11.1. The Labute approximate surface area is 109 Å². The first-order valence-corrected chi connectivity index (χ1v) is 5.47. The number of ether oxygens (including phenoxy) is 4. The Morgan fingerprint density at radius 2 is 1.68 bits per heavy atom. The molecule has 0 spiro atoms. The minimum absolute atomic E-state index is 0.0716. The van der Waals surface area contributed by atoms with Crippen molar-refractivity contribution in [3.05, 3.63) is 17.9 Å². The summed E-state index contributed by atoms with van der Waals surface area (Å²) in [7, 11) is 5.80. The molecule has 1 aromatic carbocycles. The minimum atomic E-state index is -0.570. The predicted octanol–water partition coefficient (Wildman–Crippen LogP) is 2.25. The van der Waals surface area contributed by atoms with Crippen LogP contribution in [0.1, 0.15) is 10.6 Å². The summed E-state index contributed by atoms with van der Waals surface area (Å²) in [4.78, 5) is 11.5. The van der Waals surface area contributed by atoms with Gasteiger partial charge in [0.05, 0.1) is 33.8 Å². The fourth-order valence-corrected chi connectivity index (χ4v) is 1.83. The van der Waals surface area contributed by atoms with Crippen LogP contribution in [-0.2, 0) is 4.74 Å². The zero-order chi connectivity index (χ0) is 14.0. The molecular formula is C13H14O6. The van der Waals surface area contributed by atoms with E-state index in [0.29, 0.717) is 28.2 Å². The molecule has 1 aromatic heterocycles. The highest BCUT2D eigenvalue weighted by atomic mass is 16.5. The number of hydrogen-bond donors (Lipinski definition) is 0. The van der Waals surface area contributed by atoms with Crippen LogP contribution in [0.4, 0.5) is 0 Å². The molecule has 0 saturated heterocycles. The lowest BCUT2D eigenvalue weighted by Crippen LogP contribution is -1.98. The van der Waals surface area contributed by atoms with Crippen molar-refractivity contribution >= 4 is 16.9 Å². The molecule has 102 valence electrons. The maximum absolute atomic E-state index is 11.5. The molecule has 0 radical (unpaired) electrons. The van der Waals surface area contributed by atoms with Gasteiger partial charge in [0.15, 0.2) is 11.3 Å². The van der Waals surface area contributed by atoms with Gasteiger partial charge in [0.25, 0.3) is 0 Å². The maximum atomic E-state index is 11.5. The van der Waals surface area contributed by atoms with Crippen LogP contribution in [0, 0.1) is 0 Å². The minimum Gasteiger partial charge on any atom is -0.496 e. The molecule has 0 aliphatic heterocycles. The molecule has 0 N–H and O–H groups in total. The molecule has 0 aliphatic rings. The van der Waals surface area contributed by atoms with Gasteiger partial charge in [-0.25, -0.2) is 4.79 Å². The van der Waals surface area contributed by atoms with Crippen LogP contribution < -0.4 is 14.2 Å². The monoisotopic (exact) mass is 266 g/mol. The van der Waals surface area contributed by atoms with Gasteiger partial charge in [-0.15, -0.1) is 0 Å². The van der Waals surface area contributed by atoms with Crippen LogP contribution in [0.2, 0.25) is 0 Å². The lowest BCUT2D eigenvalue weighted by atomic mass is 10.2. The Kier molecular flexibility index (Phi) is 3.50. The first-order valence-electron chi connectivity index (χ1n) is 5.47. The van der Waals surface area contributed by atoms with Crippen LogP contribution >= 0.6 is 0 Å².